The highest BCUT2D eigenvalue weighted by atomic mass is 16.1. The van der Waals surface area contributed by atoms with Crippen molar-refractivity contribution in [3.63, 3.8) is 0 Å². The Morgan fingerprint density at radius 3 is 3.12 bits per heavy atom. The minimum Gasteiger partial charge on any atom is -0.324 e. The third-order valence-electron chi connectivity index (χ3n) is 2.33. The lowest BCUT2D eigenvalue weighted by molar-refractivity contribution is -0.114. The van der Waals surface area contributed by atoms with E-state index in [0.717, 1.165) is 5.22 Å². The van der Waals surface area contributed by atoms with Crippen LogP contribution in [0, 0.1) is 0 Å². The molecule has 0 aromatic heterocycles. The van der Waals surface area contributed by atoms with E-state index >= 15 is 0 Å². The molecule has 0 atom stereocenters. The largest absolute Gasteiger partial charge is 0.324 e. The topological polar surface area (TPSA) is 78.5 Å². The molecule has 2 aliphatic heterocycles. The average Bonchev–Trinajstić information content (AvgIpc) is 2.82. The van der Waals surface area contributed by atoms with Crippen molar-refractivity contribution in [2.24, 2.45) is 20.2 Å². The maximum Gasteiger partial charge on any atom is 0.221 e. The summed E-state index contributed by atoms with van der Waals surface area (Å²) in [6.07, 6.45) is 3.10. The zero-order valence-corrected chi connectivity index (χ0v) is 8.43. The number of hydrogen-bond acceptors (Lipinski definition) is 5. The molecule has 0 radical (unpaired) electrons. The van der Waals surface area contributed by atoms with E-state index in [0.29, 0.717) is 22.4 Å². The van der Waals surface area contributed by atoms with E-state index in [1.54, 1.807) is 12.3 Å². The summed E-state index contributed by atoms with van der Waals surface area (Å²) >= 11 is 0. The minimum atomic E-state index is -0.150. The lowest BCUT2D eigenvalue weighted by Gasteiger charge is -2.04. The van der Waals surface area contributed by atoms with Crippen LogP contribution in [-0.2, 0) is 4.79 Å². The van der Waals surface area contributed by atoms with Crippen LogP contribution in [0.25, 0.3) is 6.20 Å². The molecule has 6 heteroatoms. The molecule has 0 aliphatic carbocycles. The average molecular weight is 213 g/mol. The Labute approximate surface area is 90.1 Å². The molecule has 16 heavy (non-hydrogen) atoms. The normalized spacial score (nSPS) is 14.1. The summed E-state index contributed by atoms with van der Waals surface area (Å²) in [5, 5.41) is 12.0. The van der Waals surface area contributed by atoms with Crippen LogP contribution >= 0.6 is 0 Å². The highest BCUT2D eigenvalue weighted by Crippen LogP contribution is 2.26. The lowest BCUT2D eigenvalue weighted by Crippen LogP contribution is -2.24. The Bertz CT molecular complexity index is 671. The molecule has 1 N–H and O–H groups in total. The van der Waals surface area contributed by atoms with Crippen LogP contribution in [0.4, 0.5) is 17.1 Å². The molecule has 1 aromatic rings. The summed E-state index contributed by atoms with van der Waals surface area (Å²) < 4.78 is 0. The number of benzene rings is 1. The quantitative estimate of drug-likeness (QED) is 0.734. The van der Waals surface area contributed by atoms with Crippen LogP contribution < -0.4 is 15.9 Å². The van der Waals surface area contributed by atoms with Gasteiger partial charge in [0.1, 0.15) is 17.4 Å². The predicted molar refractivity (Wildman–Crippen MR) is 58.7 cm³/mol. The van der Waals surface area contributed by atoms with E-state index in [1.165, 1.54) is 13.3 Å². The van der Waals surface area contributed by atoms with E-state index in [-0.39, 0.29) is 5.91 Å². The van der Waals surface area contributed by atoms with E-state index in [2.05, 4.69) is 25.5 Å². The number of anilines is 1. The monoisotopic (exact) mass is 213 g/mol. The Morgan fingerprint density at radius 2 is 2.31 bits per heavy atom. The molecular weight excluding hydrogens is 206 g/mol. The van der Waals surface area contributed by atoms with Gasteiger partial charge in [-0.2, -0.15) is 10.2 Å². The highest BCUT2D eigenvalue weighted by Gasteiger charge is 2.15. The SMILES string of the molecule is CC(=O)Nc1cc2c(c3c1N=CN=3)=CN=N2. The first kappa shape index (κ1) is 8.90. The number of nitrogens with one attached hydrogen (secondary N) is 1. The molecule has 0 unspecified atom stereocenters. The van der Waals surface area contributed by atoms with Crippen LogP contribution in [-0.4, -0.2) is 12.2 Å². The van der Waals surface area contributed by atoms with Crippen molar-refractivity contribution in [1.29, 1.82) is 0 Å². The fraction of sp³-hybridized carbons (Fsp3) is 0.100. The fourth-order valence-corrected chi connectivity index (χ4v) is 1.71. The Morgan fingerprint density at radius 1 is 1.44 bits per heavy atom. The Kier molecular flexibility index (Phi) is 1.70. The third-order valence-corrected chi connectivity index (χ3v) is 2.33. The lowest BCUT2D eigenvalue weighted by atomic mass is 10.2. The van der Waals surface area contributed by atoms with Crippen molar-refractivity contribution in [3.8, 4) is 0 Å². The van der Waals surface area contributed by atoms with Crippen molar-refractivity contribution < 1.29 is 4.79 Å². The van der Waals surface area contributed by atoms with E-state index in [1.807, 2.05) is 0 Å². The second-order valence-corrected chi connectivity index (χ2v) is 3.45. The van der Waals surface area contributed by atoms with Crippen molar-refractivity contribution in [2.75, 3.05) is 5.32 Å². The summed E-state index contributed by atoms with van der Waals surface area (Å²) in [5.41, 5.74) is 1.99. The van der Waals surface area contributed by atoms with Gasteiger partial charge in [-0.3, -0.25) is 4.79 Å². The molecule has 6 nitrogen and oxygen atoms in total. The molecule has 0 saturated heterocycles. The number of nitrogens with zero attached hydrogens (tertiary/aromatic N) is 4. The molecule has 3 rings (SSSR count). The van der Waals surface area contributed by atoms with Gasteiger partial charge in [-0.1, -0.05) is 0 Å². The molecule has 0 bridgehead atoms. The Balaban J connectivity index is 2.31. The number of hydrogen-bond donors (Lipinski definition) is 1. The van der Waals surface area contributed by atoms with Gasteiger partial charge in [-0.25, -0.2) is 9.98 Å². The standard InChI is InChI=1S/C10H7N5O/c1-5(16)14-8-2-7-6(3-13-15-7)9-10(8)12-4-11-9/h2-4H,1H3,(H,14,16). The van der Waals surface area contributed by atoms with Gasteiger partial charge < -0.3 is 5.32 Å². The van der Waals surface area contributed by atoms with Crippen molar-refractivity contribution in [3.05, 3.63) is 16.6 Å². The molecule has 0 saturated carbocycles. The summed E-state index contributed by atoms with van der Waals surface area (Å²) in [6, 6.07) is 1.75. The smallest absolute Gasteiger partial charge is 0.221 e. The summed E-state index contributed by atoms with van der Waals surface area (Å²) in [7, 11) is 0. The van der Waals surface area contributed by atoms with Gasteiger partial charge in [0, 0.05) is 6.92 Å². The van der Waals surface area contributed by atoms with Crippen molar-refractivity contribution in [1.82, 2.24) is 0 Å². The first-order valence-electron chi connectivity index (χ1n) is 4.72. The molecular formula is C10H7N5O. The molecule has 78 valence electrons. The number of rotatable bonds is 1. The van der Waals surface area contributed by atoms with Gasteiger partial charge in [-0.05, 0) is 6.07 Å². The third kappa shape index (κ3) is 1.16. The number of carbonyl (C=O) groups excluding carboxylic acids is 1. The van der Waals surface area contributed by atoms with Crippen LogP contribution in [0.15, 0.2) is 26.3 Å². The number of amides is 1. The highest BCUT2D eigenvalue weighted by molar-refractivity contribution is 5.94. The number of fused-ring (bicyclic) bond motifs is 3. The van der Waals surface area contributed by atoms with Gasteiger partial charge in [0.2, 0.25) is 5.91 Å². The molecule has 1 aromatic carbocycles. The molecule has 1 amide bonds. The van der Waals surface area contributed by atoms with E-state index < -0.39 is 0 Å². The van der Waals surface area contributed by atoms with Crippen LogP contribution in [0.3, 0.4) is 0 Å². The maximum atomic E-state index is 11.1. The van der Waals surface area contributed by atoms with Crippen molar-refractivity contribution in [2.45, 2.75) is 6.92 Å². The van der Waals surface area contributed by atoms with Gasteiger partial charge in [0.25, 0.3) is 0 Å². The number of carbonyl (C=O) groups is 1. The minimum absolute atomic E-state index is 0.150. The molecule has 0 spiro atoms. The van der Waals surface area contributed by atoms with Gasteiger partial charge in [-0.15, -0.1) is 0 Å². The molecule has 2 heterocycles. The van der Waals surface area contributed by atoms with Gasteiger partial charge in [0.15, 0.2) is 0 Å². The first-order valence-corrected chi connectivity index (χ1v) is 4.72. The molecule has 0 fully saturated rings. The molecule has 2 aliphatic rings. The fourth-order valence-electron chi connectivity index (χ4n) is 1.71. The van der Waals surface area contributed by atoms with E-state index in [4.69, 9.17) is 0 Å². The number of azo groups is 1. The Hall–Kier alpha value is -2.37. The maximum absolute atomic E-state index is 11.1. The zero-order chi connectivity index (χ0) is 11.1. The van der Waals surface area contributed by atoms with E-state index in [9.17, 15) is 4.79 Å². The number of aliphatic imine (C=N–C) groups is 1. The summed E-state index contributed by atoms with van der Waals surface area (Å²) in [6.45, 7) is 1.45. The summed E-state index contributed by atoms with van der Waals surface area (Å²) in [4.78, 5) is 19.3. The van der Waals surface area contributed by atoms with Crippen molar-refractivity contribution >= 4 is 35.5 Å². The predicted octanol–water partition coefficient (Wildman–Crippen LogP) is 0.773. The van der Waals surface area contributed by atoms with Gasteiger partial charge in [0.05, 0.1) is 22.8 Å². The van der Waals surface area contributed by atoms with Gasteiger partial charge >= 0.3 is 0 Å². The summed E-state index contributed by atoms with van der Waals surface area (Å²) in [5.74, 6) is -0.150. The van der Waals surface area contributed by atoms with Crippen LogP contribution in [0.5, 0.6) is 0 Å². The zero-order valence-electron chi connectivity index (χ0n) is 8.43. The van der Waals surface area contributed by atoms with Crippen LogP contribution in [0.1, 0.15) is 6.92 Å². The second-order valence-electron chi connectivity index (χ2n) is 3.45. The van der Waals surface area contributed by atoms with Crippen LogP contribution in [0.2, 0.25) is 0 Å². The first-order chi connectivity index (χ1) is 7.75. The second kappa shape index (κ2) is 3.06.